The molecule has 0 bridgehead atoms. The first-order valence-electron chi connectivity index (χ1n) is 13.8. The quantitative estimate of drug-likeness (QED) is 0.0985. The Morgan fingerprint density at radius 3 is 2.50 bits per heavy atom. The van der Waals surface area contributed by atoms with E-state index in [4.69, 9.17) is 4.74 Å². The minimum atomic E-state index is -0.494. The molecule has 0 spiro atoms. The van der Waals surface area contributed by atoms with Crippen molar-refractivity contribution in [3.63, 3.8) is 0 Å². The highest BCUT2D eigenvalue weighted by atomic mass is 32.2. The Morgan fingerprint density at radius 1 is 0.977 bits per heavy atom. The first kappa shape index (κ1) is 32.2. The highest BCUT2D eigenvalue weighted by Crippen LogP contribution is 2.27. The molecule has 1 atom stereocenters. The number of amides is 3. The summed E-state index contributed by atoms with van der Waals surface area (Å²) in [6.07, 6.45) is 1.67. The van der Waals surface area contributed by atoms with Crippen LogP contribution in [-0.4, -0.2) is 40.5 Å². The monoisotopic (exact) mass is 628 g/mol. The zero-order valence-electron chi connectivity index (χ0n) is 24.5. The van der Waals surface area contributed by atoms with Crippen molar-refractivity contribution >= 4 is 63.7 Å². The first-order valence-corrected chi connectivity index (χ1v) is 15.6. The number of aromatic nitrogens is 1. The minimum absolute atomic E-state index is 0.0425. The number of esters is 1. The van der Waals surface area contributed by atoms with Crippen molar-refractivity contribution in [1.82, 2.24) is 10.3 Å². The molecule has 0 radical (unpaired) electrons. The summed E-state index contributed by atoms with van der Waals surface area (Å²) in [6, 6.07) is 23.4. The van der Waals surface area contributed by atoms with Crippen molar-refractivity contribution in [2.75, 3.05) is 17.2 Å². The van der Waals surface area contributed by atoms with Gasteiger partial charge in [-0.2, -0.15) is 0 Å². The molecule has 3 amide bonds. The van der Waals surface area contributed by atoms with E-state index in [1.807, 2.05) is 43.3 Å². The third-order valence-corrected chi connectivity index (χ3v) is 7.97. The summed E-state index contributed by atoms with van der Waals surface area (Å²) >= 11 is 2.55. The molecule has 11 heteroatoms. The second kappa shape index (κ2) is 15.6. The largest absolute Gasteiger partial charge is 0.466 e. The van der Waals surface area contributed by atoms with Crippen LogP contribution in [0.3, 0.4) is 0 Å². The van der Waals surface area contributed by atoms with Gasteiger partial charge in [0.2, 0.25) is 5.91 Å². The maximum atomic E-state index is 13.4. The number of nitrogens with one attached hydrogen (secondary N) is 3. The molecular formula is C33H32N4O5S2. The van der Waals surface area contributed by atoms with E-state index < -0.39 is 17.1 Å². The van der Waals surface area contributed by atoms with Gasteiger partial charge in [0.1, 0.15) is 5.70 Å². The summed E-state index contributed by atoms with van der Waals surface area (Å²) in [7, 11) is 0. The molecule has 0 saturated heterocycles. The number of ether oxygens (including phenoxy) is 1. The minimum Gasteiger partial charge on any atom is -0.466 e. The van der Waals surface area contributed by atoms with Gasteiger partial charge in [0, 0.05) is 21.5 Å². The molecule has 9 nitrogen and oxygen atoms in total. The zero-order chi connectivity index (χ0) is 31.5. The molecule has 0 aliphatic carbocycles. The van der Waals surface area contributed by atoms with Crippen molar-refractivity contribution in [1.29, 1.82) is 0 Å². The lowest BCUT2D eigenvalue weighted by atomic mass is 10.1. The number of aryl methyl sites for hydroxylation is 1. The van der Waals surface area contributed by atoms with E-state index in [2.05, 4.69) is 20.9 Å². The van der Waals surface area contributed by atoms with Gasteiger partial charge in [-0.25, -0.2) is 4.98 Å². The highest BCUT2D eigenvalue weighted by molar-refractivity contribution is 8.00. The predicted molar refractivity (Wildman–Crippen MR) is 175 cm³/mol. The van der Waals surface area contributed by atoms with E-state index in [9.17, 15) is 19.2 Å². The first-order chi connectivity index (χ1) is 21.2. The van der Waals surface area contributed by atoms with Gasteiger partial charge < -0.3 is 20.7 Å². The third kappa shape index (κ3) is 9.65. The van der Waals surface area contributed by atoms with E-state index in [0.717, 1.165) is 16.0 Å². The number of nitrogens with zero attached hydrogens (tertiary/aromatic N) is 1. The number of hydrogen-bond acceptors (Lipinski definition) is 8. The number of carbonyl (C=O) groups excluding carboxylic acids is 4. The van der Waals surface area contributed by atoms with Crippen molar-refractivity contribution in [2.45, 2.75) is 37.3 Å². The molecule has 0 fully saturated rings. The third-order valence-electron chi connectivity index (χ3n) is 6.07. The molecule has 4 rings (SSSR count). The number of rotatable bonds is 12. The average molecular weight is 629 g/mol. The van der Waals surface area contributed by atoms with Gasteiger partial charge in [0.25, 0.3) is 11.8 Å². The zero-order valence-corrected chi connectivity index (χ0v) is 26.1. The number of anilines is 2. The van der Waals surface area contributed by atoms with Crippen LogP contribution in [0.5, 0.6) is 0 Å². The Morgan fingerprint density at radius 2 is 1.75 bits per heavy atom. The van der Waals surface area contributed by atoms with E-state index in [1.54, 1.807) is 67.8 Å². The van der Waals surface area contributed by atoms with Crippen molar-refractivity contribution < 1.29 is 23.9 Å². The summed E-state index contributed by atoms with van der Waals surface area (Å²) in [6.45, 7) is 5.74. The maximum Gasteiger partial charge on any atom is 0.311 e. The van der Waals surface area contributed by atoms with E-state index >= 15 is 0 Å². The Bertz CT molecular complexity index is 1670. The van der Waals surface area contributed by atoms with Crippen LogP contribution in [0, 0.1) is 6.92 Å². The van der Waals surface area contributed by atoms with Gasteiger partial charge in [0.15, 0.2) is 5.13 Å². The maximum absolute atomic E-state index is 13.4. The summed E-state index contributed by atoms with van der Waals surface area (Å²) in [5, 5.41) is 10.0. The van der Waals surface area contributed by atoms with E-state index in [0.29, 0.717) is 28.7 Å². The Hall–Kier alpha value is -4.74. The lowest BCUT2D eigenvalue weighted by Crippen LogP contribution is -2.30. The molecule has 44 heavy (non-hydrogen) atoms. The van der Waals surface area contributed by atoms with Crippen LogP contribution in [0.25, 0.3) is 6.08 Å². The summed E-state index contributed by atoms with van der Waals surface area (Å²) in [5.41, 5.74) is 3.32. The highest BCUT2D eigenvalue weighted by Gasteiger charge is 2.19. The van der Waals surface area contributed by atoms with Crippen LogP contribution in [-0.2, 0) is 25.5 Å². The van der Waals surface area contributed by atoms with Gasteiger partial charge in [-0.1, -0.05) is 54.1 Å². The SMILES string of the molecule is CCOC(=O)Cc1csc(NC(=O)C(C)Sc2cccc(NC(=O)/C(=C\c3cccc(C)c3)NC(=O)c3ccccc3)c2)n1. The molecule has 0 saturated carbocycles. The molecule has 1 heterocycles. The second-order valence-corrected chi connectivity index (χ2v) is 11.9. The Balaban J connectivity index is 1.42. The van der Waals surface area contributed by atoms with E-state index in [1.165, 1.54) is 23.1 Å². The molecule has 0 aliphatic heterocycles. The van der Waals surface area contributed by atoms with Gasteiger partial charge in [-0.3, -0.25) is 19.2 Å². The number of carbonyl (C=O) groups is 4. The molecule has 3 N–H and O–H groups in total. The number of hydrogen-bond donors (Lipinski definition) is 3. The number of thioether (sulfide) groups is 1. The van der Waals surface area contributed by atoms with Crippen LogP contribution in [0.2, 0.25) is 0 Å². The van der Waals surface area contributed by atoms with Crippen molar-refractivity contribution in [3.8, 4) is 0 Å². The Kier molecular flexibility index (Phi) is 11.4. The van der Waals surface area contributed by atoms with Gasteiger partial charge in [0.05, 0.1) is 24.0 Å². The van der Waals surface area contributed by atoms with Crippen LogP contribution in [0.15, 0.2) is 94.8 Å². The normalized spacial score (nSPS) is 11.8. The molecule has 1 aromatic heterocycles. The lowest BCUT2D eigenvalue weighted by Gasteiger charge is -2.14. The van der Waals surface area contributed by atoms with Crippen LogP contribution in [0.1, 0.15) is 41.0 Å². The van der Waals surface area contributed by atoms with Crippen LogP contribution in [0.4, 0.5) is 10.8 Å². The lowest BCUT2D eigenvalue weighted by molar-refractivity contribution is -0.142. The molecule has 3 aromatic carbocycles. The average Bonchev–Trinajstić information content (AvgIpc) is 3.43. The smallest absolute Gasteiger partial charge is 0.311 e. The van der Waals surface area contributed by atoms with Crippen LogP contribution >= 0.6 is 23.1 Å². The molecule has 0 aliphatic rings. The topological polar surface area (TPSA) is 126 Å². The van der Waals surface area contributed by atoms with E-state index in [-0.39, 0.29) is 24.0 Å². The summed E-state index contributed by atoms with van der Waals surface area (Å²) < 4.78 is 4.94. The van der Waals surface area contributed by atoms with Crippen LogP contribution < -0.4 is 16.0 Å². The Labute approximate surface area is 264 Å². The fourth-order valence-corrected chi connectivity index (χ4v) is 5.62. The molecular weight excluding hydrogens is 597 g/mol. The number of benzene rings is 3. The van der Waals surface area contributed by atoms with Crippen molar-refractivity contribution in [3.05, 3.63) is 112 Å². The summed E-state index contributed by atoms with van der Waals surface area (Å²) in [4.78, 5) is 55.9. The molecule has 1 unspecified atom stereocenters. The van der Waals surface area contributed by atoms with Crippen molar-refractivity contribution in [2.24, 2.45) is 0 Å². The van der Waals surface area contributed by atoms with Gasteiger partial charge in [-0.15, -0.1) is 23.1 Å². The van der Waals surface area contributed by atoms with Gasteiger partial charge >= 0.3 is 5.97 Å². The number of thiazole rings is 1. The fourth-order valence-electron chi connectivity index (χ4n) is 3.98. The predicted octanol–water partition coefficient (Wildman–Crippen LogP) is 6.09. The molecule has 226 valence electrons. The standard InChI is InChI=1S/C33H32N4O5S2/c1-4-42-29(38)19-26-20-43-33(35-26)37-30(39)22(3)44-27-15-9-14-25(18-27)34-32(41)28(17-23-11-8-10-21(2)16-23)36-31(40)24-12-6-5-7-13-24/h5-18,20,22H,4,19H2,1-3H3,(H,34,41)(H,36,40)(H,35,37,39)/b28-17+. The molecule has 4 aromatic rings. The fraction of sp³-hybridized carbons (Fsp3) is 0.182. The summed E-state index contributed by atoms with van der Waals surface area (Å²) in [5.74, 6) is -1.53. The van der Waals surface area contributed by atoms with Gasteiger partial charge in [-0.05, 0) is 62.7 Å². The second-order valence-electron chi connectivity index (χ2n) is 9.65.